The Kier molecular flexibility index (Phi) is 4.34. The molecule has 110 valence electrons. The molecule has 7 heteroatoms. The standard InChI is InChI=1S/C14H16N4O3/c1-2-9-7-18(14(21)16-12(9)19)8-10-5-3-4-6-11(10)13(20)17-15/h3-7H,2,8,15H2,1H3,(H,17,20)(H,16,19,21). The molecule has 1 aromatic heterocycles. The van der Waals surface area contributed by atoms with Crippen LogP contribution in [0.3, 0.4) is 0 Å². The van der Waals surface area contributed by atoms with Gasteiger partial charge in [-0.25, -0.2) is 10.6 Å². The lowest BCUT2D eigenvalue weighted by molar-refractivity contribution is 0.0952. The quantitative estimate of drug-likeness (QED) is 0.409. The molecule has 0 aliphatic carbocycles. The lowest BCUT2D eigenvalue weighted by Crippen LogP contribution is -2.33. The highest BCUT2D eigenvalue weighted by atomic mass is 16.2. The Morgan fingerprint density at radius 3 is 2.67 bits per heavy atom. The highest BCUT2D eigenvalue weighted by Crippen LogP contribution is 2.09. The number of nitrogen functional groups attached to an aromatic ring is 1. The molecule has 21 heavy (non-hydrogen) atoms. The number of H-pyrrole nitrogens is 1. The van der Waals surface area contributed by atoms with E-state index in [-0.39, 0.29) is 12.1 Å². The van der Waals surface area contributed by atoms with Gasteiger partial charge < -0.3 is 0 Å². The average Bonchev–Trinajstić information content (AvgIpc) is 2.49. The predicted molar refractivity (Wildman–Crippen MR) is 77.9 cm³/mol. The Morgan fingerprint density at radius 1 is 1.29 bits per heavy atom. The van der Waals surface area contributed by atoms with Crippen LogP contribution in [-0.2, 0) is 13.0 Å². The molecule has 0 atom stereocenters. The second kappa shape index (κ2) is 6.19. The maximum Gasteiger partial charge on any atom is 0.328 e. The number of nitrogens with two attached hydrogens (primary N) is 1. The Balaban J connectivity index is 2.46. The molecule has 2 rings (SSSR count). The summed E-state index contributed by atoms with van der Waals surface area (Å²) >= 11 is 0. The second-order valence-electron chi connectivity index (χ2n) is 4.53. The molecule has 0 aliphatic rings. The van der Waals surface area contributed by atoms with E-state index in [2.05, 4.69) is 10.4 Å². The lowest BCUT2D eigenvalue weighted by Gasteiger charge is -2.10. The monoisotopic (exact) mass is 288 g/mol. The number of carbonyl (C=O) groups is 1. The van der Waals surface area contributed by atoms with Crippen LogP contribution in [0.25, 0.3) is 0 Å². The van der Waals surface area contributed by atoms with Crippen molar-refractivity contribution < 1.29 is 4.79 Å². The Bertz CT molecular complexity index is 776. The number of aromatic nitrogens is 2. The van der Waals surface area contributed by atoms with Crippen LogP contribution in [-0.4, -0.2) is 15.5 Å². The van der Waals surface area contributed by atoms with Crippen molar-refractivity contribution >= 4 is 5.91 Å². The van der Waals surface area contributed by atoms with E-state index >= 15 is 0 Å². The zero-order chi connectivity index (χ0) is 15.4. The highest BCUT2D eigenvalue weighted by molar-refractivity contribution is 5.95. The van der Waals surface area contributed by atoms with Crippen LogP contribution in [0.1, 0.15) is 28.4 Å². The highest BCUT2D eigenvalue weighted by Gasteiger charge is 2.11. The molecule has 4 N–H and O–H groups in total. The topological polar surface area (TPSA) is 110 Å². The molecule has 1 aromatic carbocycles. The summed E-state index contributed by atoms with van der Waals surface area (Å²) in [4.78, 5) is 37.4. The SMILES string of the molecule is CCc1cn(Cc2ccccc2C(=O)NN)c(=O)[nH]c1=O. The zero-order valence-electron chi connectivity index (χ0n) is 11.6. The molecular formula is C14H16N4O3. The lowest BCUT2D eigenvalue weighted by atomic mass is 10.1. The first-order valence-electron chi connectivity index (χ1n) is 6.48. The van der Waals surface area contributed by atoms with Crippen molar-refractivity contribution in [3.63, 3.8) is 0 Å². The number of nitrogens with one attached hydrogen (secondary N) is 2. The summed E-state index contributed by atoms with van der Waals surface area (Å²) in [7, 11) is 0. The average molecular weight is 288 g/mol. The minimum absolute atomic E-state index is 0.173. The van der Waals surface area contributed by atoms with E-state index < -0.39 is 11.6 Å². The van der Waals surface area contributed by atoms with Crippen molar-refractivity contribution in [2.45, 2.75) is 19.9 Å². The van der Waals surface area contributed by atoms with Crippen molar-refractivity contribution in [2.75, 3.05) is 0 Å². The van der Waals surface area contributed by atoms with Crippen molar-refractivity contribution in [3.8, 4) is 0 Å². The normalized spacial score (nSPS) is 10.4. The second-order valence-corrected chi connectivity index (χ2v) is 4.53. The van der Waals surface area contributed by atoms with Gasteiger partial charge in [-0.2, -0.15) is 0 Å². The minimum atomic E-state index is -0.514. The number of aryl methyl sites for hydroxylation is 1. The van der Waals surface area contributed by atoms with E-state index in [0.29, 0.717) is 23.1 Å². The summed E-state index contributed by atoms with van der Waals surface area (Å²) in [5.74, 6) is 4.71. The van der Waals surface area contributed by atoms with E-state index in [9.17, 15) is 14.4 Å². The van der Waals surface area contributed by atoms with Gasteiger partial charge in [0, 0.05) is 17.3 Å². The van der Waals surface area contributed by atoms with Crippen molar-refractivity contribution in [2.24, 2.45) is 5.84 Å². The van der Waals surface area contributed by atoms with Gasteiger partial charge in [0.2, 0.25) is 0 Å². The molecule has 1 heterocycles. The van der Waals surface area contributed by atoms with E-state index in [4.69, 9.17) is 5.84 Å². The molecule has 7 nitrogen and oxygen atoms in total. The summed E-state index contributed by atoms with van der Waals surface area (Å²) in [6, 6.07) is 6.82. The molecule has 0 spiro atoms. The Labute approximate surface area is 120 Å². The zero-order valence-corrected chi connectivity index (χ0v) is 11.6. The largest absolute Gasteiger partial charge is 0.328 e. The third-order valence-electron chi connectivity index (χ3n) is 3.20. The van der Waals surface area contributed by atoms with Crippen LogP contribution < -0.4 is 22.5 Å². The smallest absolute Gasteiger partial charge is 0.296 e. The number of hydrazine groups is 1. The maximum absolute atomic E-state index is 11.8. The van der Waals surface area contributed by atoms with Gasteiger partial charge in [-0.3, -0.25) is 24.6 Å². The van der Waals surface area contributed by atoms with E-state index in [1.807, 2.05) is 6.92 Å². The van der Waals surface area contributed by atoms with Gasteiger partial charge in [0.05, 0.1) is 6.54 Å². The number of amides is 1. The first-order chi connectivity index (χ1) is 10.1. The maximum atomic E-state index is 11.8. The molecule has 0 fully saturated rings. The molecule has 2 aromatic rings. The fourth-order valence-electron chi connectivity index (χ4n) is 2.06. The van der Waals surface area contributed by atoms with E-state index in [1.54, 1.807) is 24.3 Å². The van der Waals surface area contributed by atoms with Gasteiger partial charge in [-0.05, 0) is 18.1 Å². The van der Waals surface area contributed by atoms with Gasteiger partial charge in [-0.1, -0.05) is 25.1 Å². The van der Waals surface area contributed by atoms with Crippen LogP contribution in [0.15, 0.2) is 40.1 Å². The summed E-state index contributed by atoms with van der Waals surface area (Å²) in [5, 5.41) is 0. The van der Waals surface area contributed by atoms with E-state index in [0.717, 1.165) is 0 Å². The first kappa shape index (κ1) is 14.7. The third kappa shape index (κ3) is 3.09. The minimum Gasteiger partial charge on any atom is -0.296 e. The van der Waals surface area contributed by atoms with E-state index in [1.165, 1.54) is 10.8 Å². The molecule has 0 bridgehead atoms. The predicted octanol–water partition coefficient (Wildman–Crippen LogP) is -0.249. The van der Waals surface area contributed by atoms with Crippen molar-refractivity contribution in [1.29, 1.82) is 0 Å². The fourth-order valence-corrected chi connectivity index (χ4v) is 2.06. The Morgan fingerprint density at radius 2 is 2.00 bits per heavy atom. The van der Waals surface area contributed by atoms with Gasteiger partial charge in [0.1, 0.15) is 0 Å². The molecule has 0 aliphatic heterocycles. The van der Waals surface area contributed by atoms with Crippen LogP contribution >= 0.6 is 0 Å². The molecule has 1 amide bonds. The summed E-state index contributed by atoms with van der Waals surface area (Å²) in [6.07, 6.45) is 2.03. The Hall–Kier alpha value is -2.67. The fraction of sp³-hybridized carbons (Fsp3) is 0.214. The number of hydrogen-bond donors (Lipinski definition) is 3. The number of hydrogen-bond acceptors (Lipinski definition) is 4. The van der Waals surface area contributed by atoms with Gasteiger partial charge >= 0.3 is 5.69 Å². The first-order valence-corrected chi connectivity index (χ1v) is 6.48. The van der Waals surface area contributed by atoms with Gasteiger partial charge in [0.15, 0.2) is 0 Å². The molecule has 0 saturated carbocycles. The third-order valence-corrected chi connectivity index (χ3v) is 3.20. The number of nitrogens with zero attached hydrogens (tertiary/aromatic N) is 1. The summed E-state index contributed by atoms with van der Waals surface area (Å²) in [6.45, 7) is 2.00. The van der Waals surface area contributed by atoms with Crippen molar-refractivity contribution in [1.82, 2.24) is 15.0 Å². The molecule has 0 unspecified atom stereocenters. The van der Waals surface area contributed by atoms with Crippen LogP contribution in [0.5, 0.6) is 0 Å². The van der Waals surface area contributed by atoms with Gasteiger partial charge in [-0.15, -0.1) is 0 Å². The van der Waals surface area contributed by atoms with Crippen LogP contribution in [0.2, 0.25) is 0 Å². The number of rotatable bonds is 4. The number of benzene rings is 1. The summed E-state index contributed by atoms with van der Waals surface area (Å²) in [5.41, 5.74) is 2.70. The molecule has 0 radical (unpaired) electrons. The van der Waals surface area contributed by atoms with Crippen LogP contribution in [0.4, 0.5) is 0 Å². The summed E-state index contributed by atoms with van der Waals surface area (Å²) < 4.78 is 1.36. The van der Waals surface area contributed by atoms with Crippen molar-refractivity contribution in [3.05, 3.63) is 68.0 Å². The number of carbonyl (C=O) groups excluding carboxylic acids is 1. The van der Waals surface area contributed by atoms with Crippen LogP contribution in [0, 0.1) is 0 Å². The molecule has 0 saturated heterocycles. The molecular weight excluding hydrogens is 272 g/mol. The van der Waals surface area contributed by atoms with Gasteiger partial charge in [0.25, 0.3) is 11.5 Å². The number of aromatic amines is 1.